The average Bonchev–Trinajstić information content (AvgIpc) is 2.63. The highest BCUT2D eigenvalue weighted by atomic mass is 32.2. The molecule has 1 atom stereocenters. The maximum Gasteiger partial charge on any atom is 0.311 e. The molecule has 2 heterocycles. The lowest BCUT2D eigenvalue weighted by Gasteiger charge is -2.29. The number of hydrogen-bond acceptors (Lipinski definition) is 5. The van der Waals surface area contributed by atoms with Crippen molar-refractivity contribution in [2.45, 2.75) is 18.9 Å². The monoisotopic (exact) mass is 289 g/mol. The van der Waals surface area contributed by atoms with Crippen molar-refractivity contribution < 1.29 is 18.0 Å². The first-order chi connectivity index (χ1) is 8.81. The third-order valence-corrected chi connectivity index (χ3v) is 5.42. The molecule has 2 amide bonds. The molecule has 2 aliphatic heterocycles. The van der Waals surface area contributed by atoms with E-state index in [2.05, 4.69) is 10.6 Å². The van der Waals surface area contributed by atoms with Gasteiger partial charge in [0.1, 0.15) is 0 Å². The normalized spacial score (nSPS) is 30.1. The van der Waals surface area contributed by atoms with E-state index in [0.717, 1.165) is 0 Å². The standard InChI is InChI=1S/C11H19N3O4S/c1-11(2-7-19(17,18)8-11)13-9(15)10(16)14-5-3-12-4-6-14/h12H,2-8H2,1H3,(H,13,15). The molecule has 0 aromatic carbocycles. The highest BCUT2D eigenvalue weighted by Gasteiger charge is 2.41. The van der Waals surface area contributed by atoms with Gasteiger partial charge in [-0.3, -0.25) is 9.59 Å². The minimum absolute atomic E-state index is 0.0611. The molecule has 0 radical (unpaired) electrons. The van der Waals surface area contributed by atoms with Crippen molar-refractivity contribution >= 4 is 21.7 Å². The second-order valence-electron chi connectivity index (χ2n) is 5.40. The second kappa shape index (κ2) is 5.09. The van der Waals surface area contributed by atoms with Crippen molar-refractivity contribution in [2.24, 2.45) is 0 Å². The van der Waals surface area contributed by atoms with Crippen molar-refractivity contribution in [3.05, 3.63) is 0 Å². The molecule has 19 heavy (non-hydrogen) atoms. The van der Waals surface area contributed by atoms with E-state index in [9.17, 15) is 18.0 Å². The lowest BCUT2D eigenvalue weighted by molar-refractivity contribution is -0.147. The van der Waals surface area contributed by atoms with Gasteiger partial charge in [-0.2, -0.15) is 0 Å². The Bertz CT molecular complexity index is 484. The van der Waals surface area contributed by atoms with E-state index in [1.54, 1.807) is 6.92 Å². The minimum atomic E-state index is -3.10. The fraction of sp³-hybridized carbons (Fsp3) is 0.818. The van der Waals surface area contributed by atoms with Gasteiger partial charge in [0, 0.05) is 26.2 Å². The van der Waals surface area contributed by atoms with E-state index in [4.69, 9.17) is 0 Å². The number of carbonyl (C=O) groups is 2. The molecule has 0 saturated carbocycles. The van der Waals surface area contributed by atoms with Gasteiger partial charge in [0.25, 0.3) is 0 Å². The van der Waals surface area contributed by atoms with Crippen molar-refractivity contribution in [1.29, 1.82) is 0 Å². The number of nitrogens with zero attached hydrogens (tertiary/aromatic N) is 1. The molecule has 0 bridgehead atoms. The van der Waals surface area contributed by atoms with Crippen LogP contribution in [0.5, 0.6) is 0 Å². The first-order valence-corrected chi connectivity index (χ1v) is 8.16. The summed E-state index contributed by atoms with van der Waals surface area (Å²) in [5, 5.41) is 5.67. The fourth-order valence-electron chi connectivity index (χ4n) is 2.45. The first-order valence-electron chi connectivity index (χ1n) is 6.34. The molecule has 2 fully saturated rings. The Hall–Kier alpha value is -1.15. The summed E-state index contributed by atoms with van der Waals surface area (Å²) in [7, 11) is -3.10. The Balaban J connectivity index is 1.95. The summed E-state index contributed by atoms with van der Waals surface area (Å²) in [6.45, 7) is 4.01. The number of rotatable bonds is 1. The number of hydrogen-bond donors (Lipinski definition) is 2. The van der Waals surface area contributed by atoms with Crippen LogP contribution in [0.4, 0.5) is 0 Å². The van der Waals surface area contributed by atoms with Crippen LogP contribution in [0.25, 0.3) is 0 Å². The van der Waals surface area contributed by atoms with Crippen LogP contribution >= 0.6 is 0 Å². The summed E-state index contributed by atoms with van der Waals surface area (Å²) >= 11 is 0. The van der Waals surface area contributed by atoms with Gasteiger partial charge < -0.3 is 15.5 Å². The van der Waals surface area contributed by atoms with E-state index < -0.39 is 27.2 Å². The topological polar surface area (TPSA) is 95.6 Å². The minimum Gasteiger partial charge on any atom is -0.342 e. The number of amides is 2. The van der Waals surface area contributed by atoms with Crippen LogP contribution in [-0.4, -0.2) is 68.4 Å². The maximum atomic E-state index is 11.9. The molecule has 2 aliphatic rings. The quantitative estimate of drug-likeness (QED) is 0.550. The van der Waals surface area contributed by atoms with Crippen LogP contribution in [0, 0.1) is 0 Å². The van der Waals surface area contributed by atoms with E-state index in [-0.39, 0.29) is 11.5 Å². The van der Waals surface area contributed by atoms with Crippen LogP contribution < -0.4 is 10.6 Å². The molecule has 0 aromatic rings. The molecule has 1 unspecified atom stereocenters. The lowest BCUT2D eigenvalue weighted by Crippen LogP contribution is -2.56. The predicted molar refractivity (Wildman–Crippen MR) is 69.3 cm³/mol. The molecule has 2 N–H and O–H groups in total. The Kier molecular flexibility index (Phi) is 3.82. The smallest absolute Gasteiger partial charge is 0.311 e. The van der Waals surface area contributed by atoms with Crippen LogP contribution in [0.15, 0.2) is 0 Å². The highest BCUT2D eigenvalue weighted by molar-refractivity contribution is 7.91. The van der Waals surface area contributed by atoms with Crippen molar-refractivity contribution in [3.8, 4) is 0 Å². The number of nitrogens with one attached hydrogen (secondary N) is 2. The van der Waals surface area contributed by atoms with E-state index in [0.29, 0.717) is 32.6 Å². The maximum absolute atomic E-state index is 11.9. The summed E-state index contributed by atoms with van der Waals surface area (Å²) in [5.74, 6) is -1.32. The van der Waals surface area contributed by atoms with Crippen molar-refractivity contribution in [1.82, 2.24) is 15.5 Å². The van der Waals surface area contributed by atoms with Gasteiger partial charge in [-0.25, -0.2) is 8.42 Å². The summed E-state index contributed by atoms with van der Waals surface area (Å²) < 4.78 is 22.9. The largest absolute Gasteiger partial charge is 0.342 e. The van der Waals surface area contributed by atoms with Gasteiger partial charge >= 0.3 is 11.8 Å². The fourth-order valence-corrected chi connectivity index (χ4v) is 4.54. The Morgan fingerprint density at radius 3 is 2.42 bits per heavy atom. The molecule has 2 saturated heterocycles. The Labute approximate surface area is 112 Å². The van der Waals surface area contributed by atoms with Gasteiger partial charge in [0.05, 0.1) is 17.0 Å². The summed E-state index contributed by atoms with van der Waals surface area (Å²) in [6.07, 6.45) is 0.357. The number of sulfone groups is 1. The third kappa shape index (κ3) is 3.44. The molecule has 0 aliphatic carbocycles. The van der Waals surface area contributed by atoms with Crippen LogP contribution in [0.2, 0.25) is 0 Å². The molecule has 8 heteroatoms. The first kappa shape index (κ1) is 14.3. The highest BCUT2D eigenvalue weighted by Crippen LogP contribution is 2.22. The number of carbonyl (C=O) groups excluding carboxylic acids is 2. The molecule has 108 valence electrons. The summed E-state index contributed by atoms with van der Waals surface area (Å²) in [5.41, 5.74) is -0.820. The van der Waals surface area contributed by atoms with Crippen LogP contribution in [-0.2, 0) is 19.4 Å². The number of piperazine rings is 1. The van der Waals surface area contributed by atoms with Crippen molar-refractivity contribution in [2.75, 3.05) is 37.7 Å². The van der Waals surface area contributed by atoms with Gasteiger partial charge in [0.2, 0.25) is 0 Å². The molecule has 7 nitrogen and oxygen atoms in total. The second-order valence-corrected chi connectivity index (χ2v) is 7.58. The SMILES string of the molecule is CC1(NC(=O)C(=O)N2CCNCC2)CCS(=O)(=O)C1. The molecular formula is C11H19N3O4S. The molecule has 0 spiro atoms. The van der Waals surface area contributed by atoms with Gasteiger partial charge in [-0.15, -0.1) is 0 Å². The van der Waals surface area contributed by atoms with Gasteiger partial charge in [-0.05, 0) is 13.3 Å². The predicted octanol–water partition coefficient (Wildman–Crippen LogP) is -1.89. The average molecular weight is 289 g/mol. The zero-order valence-electron chi connectivity index (χ0n) is 10.9. The lowest BCUT2D eigenvalue weighted by atomic mass is 10.0. The van der Waals surface area contributed by atoms with Gasteiger partial charge in [0.15, 0.2) is 9.84 Å². The Morgan fingerprint density at radius 1 is 1.26 bits per heavy atom. The zero-order valence-corrected chi connectivity index (χ0v) is 11.8. The molecule has 2 rings (SSSR count). The Morgan fingerprint density at radius 2 is 1.89 bits per heavy atom. The third-order valence-electron chi connectivity index (χ3n) is 3.52. The molecular weight excluding hydrogens is 270 g/mol. The summed E-state index contributed by atoms with van der Waals surface area (Å²) in [6, 6.07) is 0. The summed E-state index contributed by atoms with van der Waals surface area (Å²) in [4.78, 5) is 25.3. The molecule has 0 aromatic heterocycles. The van der Waals surface area contributed by atoms with Gasteiger partial charge in [-0.1, -0.05) is 0 Å². The van der Waals surface area contributed by atoms with Crippen LogP contribution in [0.3, 0.4) is 0 Å². The van der Waals surface area contributed by atoms with Crippen molar-refractivity contribution in [3.63, 3.8) is 0 Å². The van der Waals surface area contributed by atoms with E-state index >= 15 is 0 Å². The van der Waals surface area contributed by atoms with Crippen LogP contribution in [0.1, 0.15) is 13.3 Å². The van der Waals surface area contributed by atoms with E-state index in [1.165, 1.54) is 4.90 Å². The zero-order chi connectivity index (χ0) is 14.1. The van der Waals surface area contributed by atoms with E-state index in [1.807, 2.05) is 0 Å².